The highest BCUT2D eigenvalue weighted by Gasteiger charge is 1.98. The molecule has 0 aliphatic rings. The molecule has 0 N–H and O–H groups in total. The van der Waals surface area contributed by atoms with Crippen molar-refractivity contribution in [2.75, 3.05) is 19.0 Å². The summed E-state index contributed by atoms with van der Waals surface area (Å²) in [6.45, 7) is 2.51. The van der Waals surface area contributed by atoms with Crippen molar-refractivity contribution in [3.05, 3.63) is 22.6 Å². The maximum atomic E-state index is 11.2. The number of rotatable bonds is 2. The quantitative estimate of drug-likeness (QED) is 0.637. The van der Waals surface area contributed by atoms with Crippen LogP contribution in [-0.2, 0) is 6.54 Å². The van der Waals surface area contributed by atoms with Crippen molar-refractivity contribution in [1.29, 1.82) is 0 Å². The molecule has 0 saturated heterocycles. The van der Waals surface area contributed by atoms with Gasteiger partial charge in [-0.15, -0.1) is 0 Å². The second-order valence-electron chi connectivity index (χ2n) is 2.76. The van der Waals surface area contributed by atoms with E-state index in [0.29, 0.717) is 6.54 Å². The van der Waals surface area contributed by atoms with Crippen molar-refractivity contribution in [2.45, 2.75) is 13.5 Å². The van der Waals surface area contributed by atoms with Crippen molar-refractivity contribution in [2.24, 2.45) is 0 Å². The third-order valence-electron chi connectivity index (χ3n) is 1.67. The van der Waals surface area contributed by atoms with Crippen LogP contribution in [0.4, 0.5) is 5.69 Å². The molecule has 4 heteroatoms. The van der Waals surface area contributed by atoms with Crippen molar-refractivity contribution in [3.63, 3.8) is 0 Å². The van der Waals surface area contributed by atoms with Crippen LogP contribution in [0.25, 0.3) is 0 Å². The van der Waals surface area contributed by atoms with Gasteiger partial charge in [0.1, 0.15) is 0 Å². The van der Waals surface area contributed by atoms with Gasteiger partial charge >= 0.3 is 0 Å². The molecule has 0 unspecified atom stereocenters. The molecule has 0 saturated carbocycles. The molecular formula is C8H13N3O. The van der Waals surface area contributed by atoms with E-state index in [2.05, 4.69) is 5.10 Å². The molecule has 1 aromatic rings. The lowest BCUT2D eigenvalue weighted by Gasteiger charge is -2.11. The monoisotopic (exact) mass is 167 g/mol. The topological polar surface area (TPSA) is 38.1 Å². The second-order valence-corrected chi connectivity index (χ2v) is 2.76. The highest BCUT2D eigenvalue weighted by atomic mass is 16.1. The van der Waals surface area contributed by atoms with Gasteiger partial charge in [-0.2, -0.15) is 5.10 Å². The Bertz CT molecular complexity index is 316. The minimum absolute atomic E-state index is 0.0521. The fourth-order valence-electron chi connectivity index (χ4n) is 0.906. The molecule has 0 bridgehead atoms. The van der Waals surface area contributed by atoms with Gasteiger partial charge in [-0.25, -0.2) is 4.68 Å². The summed E-state index contributed by atoms with van der Waals surface area (Å²) >= 11 is 0. The van der Waals surface area contributed by atoms with Crippen molar-refractivity contribution in [3.8, 4) is 0 Å². The second kappa shape index (κ2) is 3.38. The molecule has 1 heterocycles. The zero-order valence-corrected chi connectivity index (χ0v) is 7.61. The van der Waals surface area contributed by atoms with Crippen LogP contribution in [0.2, 0.25) is 0 Å². The van der Waals surface area contributed by atoms with Crippen LogP contribution in [0.1, 0.15) is 6.92 Å². The largest absolute Gasteiger partial charge is 0.376 e. The Balaban J connectivity index is 3.11. The summed E-state index contributed by atoms with van der Waals surface area (Å²) in [5, 5.41) is 3.98. The Morgan fingerprint density at radius 2 is 2.25 bits per heavy atom. The molecular weight excluding hydrogens is 154 g/mol. The van der Waals surface area contributed by atoms with Gasteiger partial charge in [0.2, 0.25) is 0 Å². The number of hydrogen-bond donors (Lipinski definition) is 0. The molecule has 0 fully saturated rings. The first-order chi connectivity index (χ1) is 5.65. The van der Waals surface area contributed by atoms with Crippen LogP contribution < -0.4 is 10.5 Å². The Hall–Kier alpha value is -1.32. The standard InChI is InChI=1S/C8H13N3O/c1-4-11-8(12)5-7(6-9-11)10(2)3/h5-6H,4H2,1-3H3. The summed E-state index contributed by atoms with van der Waals surface area (Å²) in [4.78, 5) is 13.1. The zero-order chi connectivity index (χ0) is 9.14. The minimum Gasteiger partial charge on any atom is -0.376 e. The first-order valence-corrected chi connectivity index (χ1v) is 3.89. The molecule has 0 radical (unpaired) electrons. The van der Waals surface area contributed by atoms with Crippen LogP contribution in [0.15, 0.2) is 17.1 Å². The van der Waals surface area contributed by atoms with Crippen molar-refractivity contribution >= 4 is 5.69 Å². The van der Waals surface area contributed by atoms with Crippen molar-refractivity contribution < 1.29 is 0 Å². The van der Waals surface area contributed by atoms with Crippen LogP contribution in [0, 0.1) is 0 Å². The first kappa shape index (κ1) is 8.77. The normalized spacial score (nSPS) is 9.92. The smallest absolute Gasteiger partial charge is 0.268 e. The number of aryl methyl sites for hydroxylation is 1. The highest BCUT2D eigenvalue weighted by molar-refractivity contribution is 5.40. The van der Waals surface area contributed by atoms with Gasteiger partial charge in [0.25, 0.3) is 5.56 Å². The van der Waals surface area contributed by atoms with E-state index >= 15 is 0 Å². The highest BCUT2D eigenvalue weighted by Crippen LogP contribution is 2.02. The molecule has 0 amide bonds. The Labute approximate surface area is 71.4 Å². The molecule has 0 aliphatic heterocycles. The van der Waals surface area contributed by atoms with Crippen LogP contribution in [0.5, 0.6) is 0 Å². The van der Waals surface area contributed by atoms with E-state index < -0.39 is 0 Å². The summed E-state index contributed by atoms with van der Waals surface area (Å²) < 4.78 is 1.42. The van der Waals surface area contributed by atoms with Gasteiger partial charge in [0, 0.05) is 26.7 Å². The third-order valence-corrected chi connectivity index (χ3v) is 1.67. The third kappa shape index (κ3) is 1.64. The lowest BCUT2D eigenvalue weighted by molar-refractivity contribution is 0.615. The number of hydrogen-bond acceptors (Lipinski definition) is 3. The fourth-order valence-corrected chi connectivity index (χ4v) is 0.906. The average molecular weight is 167 g/mol. The van der Waals surface area contributed by atoms with Crippen LogP contribution in [-0.4, -0.2) is 23.9 Å². The lowest BCUT2D eigenvalue weighted by atomic mass is 10.4. The predicted octanol–water partition coefficient (Wildman–Crippen LogP) is 0.329. The number of anilines is 1. The fraction of sp³-hybridized carbons (Fsp3) is 0.500. The molecule has 66 valence electrons. The average Bonchev–Trinajstić information content (AvgIpc) is 2.04. The van der Waals surface area contributed by atoms with E-state index in [-0.39, 0.29) is 5.56 Å². The Morgan fingerprint density at radius 1 is 1.58 bits per heavy atom. The molecule has 0 atom stereocenters. The first-order valence-electron chi connectivity index (χ1n) is 3.89. The molecule has 1 aromatic heterocycles. The van der Waals surface area contributed by atoms with Gasteiger partial charge in [-0.3, -0.25) is 4.79 Å². The number of aromatic nitrogens is 2. The van der Waals surface area contributed by atoms with Gasteiger partial charge in [-0.1, -0.05) is 0 Å². The summed E-state index contributed by atoms with van der Waals surface area (Å²) in [6.07, 6.45) is 1.69. The summed E-state index contributed by atoms with van der Waals surface area (Å²) in [6, 6.07) is 1.58. The van der Waals surface area contributed by atoms with Gasteiger partial charge in [-0.05, 0) is 6.92 Å². The summed E-state index contributed by atoms with van der Waals surface area (Å²) in [7, 11) is 3.76. The zero-order valence-electron chi connectivity index (χ0n) is 7.61. The van der Waals surface area contributed by atoms with Gasteiger partial charge in [0.05, 0.1) is 11.9 Å². The van der Waals surface area contributed by atoms with E-state index in [4.69, 9.17) is 0 Å². The Kier molecular flexibility index (Phi) is 2.47. The van der Waals surface area contributed by atoms with E-state index in [1.165, 1.54) is 4.68 Å². The maximum absolute atomic E-state index is 11.2. The molecule has 4 nitrogen and oxygen atoms in total. The minimum atomic E-state index is -0.0521. The number of nitrogens with zero attached hydrogens (tertiary/aromatic N) is 3. The van der Waals surface area contributed by atoms with E-state index in [1.54, 1.807) is 12.3 Å². The Morgan fingerprint density at radius 3 is 2.67 bits per heavy atom. The molecule has 12 heavy (non-hydrogen) atoms. The molecule has 0 spiro atoms. The molecule has 0 aromatic carbocycles. The van der Waals surface area contributed by atoms with Crippen LogP contribution in [0.3, 0.4) is 0 Å². The van der Waals surface area contributed by atoms with Gasteiger partial charge < -0.3 is 4.90 Å². The molecule has 1 rings (SSSR count). The summed E-state index contributed by atoms with van der Waals surface area (Å²) in [5.41, 5.74) is 0.786. The van der Waals surface area contributed by atoms with E-state index in [1.807, 2.05) is 25.9 Å². The van der Waals surface area contributed by atoms with E-state index in [0.717, 1.165) is 5.69 Å². The SMILES string of the molecule is CCn1ncc(N(C)C)cc1=O. The van der Waals surface area contributed by atoms with E-state index in [9.17, 15) is 4.79 Å². The maximum Gasteiger partial charge on any atom is 0.268 e. The van der Waals surface area contributed by atoms with Crippen LogP contribution >= 0.6 is 0 Å². The molecule has 0 aliphatic carbocycles. The predicted molar refractivity (Wildman–Crippen MR) is 48.5 cm³/mol. The van der Waals surface area contributed by atoms with Crippen molar-refractivity contribution in [1.82, 2.24) is 9.78 Å². The lowest BCUT2D eigenvalue weighted by Crippen LogP contribution is -2.23. The van der Waals surface area contributed by atoms with Gasteiger partial charge in [0.15, 0.2) is 0 Å². The summed E-state index contributed by atoms with van der Waals surface area (Å²) in [5.74, 6) is 0.